The van der Waals surface area contributed by atoms with Crippen LogP contribution in [0.4, 0.5) is 0 Å². The Bertz CT molecular complexity index is 735. The average molecular weight is 361 g/mol. The first-order valence-electron chi connectivity index (χ1n) is 6.63. The Morgan fingerprint density at radius 3 is 2.73 bits per heavy atom. The average Bonchev–Trinajstić information content (AvgIpc) is 3.01. The van der Waals surface area contributed by atoms with E-state index in [9.17, 15) is 4.79 Å². The molecule has 0 amide bonds. The molecule has 0 radical (unpaired) electrons. The molecular weight excluding hydrogens is 348 g/mol. The second kappa shape index (κ2) is 6.23. The largest absolute Gasteiger partial charge is 0.493 e. The fourth-order valence-corrected chi connectivity index (χ4v) is 2.39. The van der Waals surface area contributed by atoms with E-state index in [1.54, 1.807) is 31.4 Å². The molecule has 0 atom stereocenters. The molecule has 22 heavy (non-hydrogen) atoms. The Labute approximate surface area is 136 Å². The molecule has 0 saturated heterocycles. The number of allylic oxidation sites excluding steroid dienone is 1. The molecule has 5 heteroatoms. The van der Waals surface area contributed by atoms with E-state index < -0.39 is 0 Å². The summed E-state index contributed by atoms with van der Waals surface area (Å²) in [5, 5.41) is 0. The van der Waals surface area contributed by atoms with Gasteiger partial charge in [0.25, 0.3) is 0 Å². The van der Waals surface area contributed by atoms with Crippen molar-refractivity contribution in [1.29, 1.82) is 0 Å². The topological polar surface area (TPSA) is 44.8 Å². The number of ketones is 1. The number of benzene rings is 2. The molecule has 4 nitrogen and oxygen atoms in total. The van der Waals surface area contributed by atoms with E-state index >= 15 is 0 Å². The maximum atomic E-state index is 12.1. The zero-order valence-electron chi connectivity index (χ0n) is 11.8. The number of carbonyl (C=O) groups is 1. The minimum absolute atomic E-state index is 0.0656. The van der Waals surface area contributed by atoms with Crippen LogP contribution >= 0.6 is 15.9 Å². The fraction of sp³-hybridized carbons (Fsp3) is 0.118. The van der Waals surface area contributed by atoms with E-state index in [-0.39, 0.29) is 12.6 Å². The van der Waals surface area contributed by atoms with Crippen LogP contribution in [0, 0.1) is 0 Å². The molecule has 0 aliphatic carbocycles. The Balaban J connectivity index is 1.83. The van der Waals surface area contributed by atoms with Crippen molar-refractivity contribution in [1.82, 2.24) is 0 Å². The van der Waals surface area contributed by atoms with Crippen molar-refractivity contribution >= 4 is 27.8 Å². The second-order valence-electron chi connectivity index (χ2n) is 4.66. The maximum Gasteiger partial charge on any atom is 0.231 e. The second-order valence-corrected chi connectivity index (χ2v) is 5.58. The summed E-state index contributed by atoms with van der Waals surface area (Å²) in [6.45, 7) is 0.177. The normalized spacial score (nSPS) is 12.6. The number of hydrogen-bond donors (Lipinski definition) is 0. The molecule has 0 bridgehead atoms. The number of carbonyl (C=O) groups excluding carboxylic acids is 1. The lowest BCUT2D eigenvalue weighted by molar-refractivity contribution is 0.104. The molecule has 0 spiro atoms. The van der Waals surface area contributed by atoms with Gasteiger partial charge in [0.2, 0.25) is 12.5 Å². The molecule has 0 aromatic heterocycles. The van der Waals surface area contributed by atoms with Crippen LogP contribution in [-0.2, 0) is 0 Å². The van der Waals surface area contributed by atoms with Crippen molar-refractivity contribution < 1.29 is 19.0 Å². The van der Waals surface area contributed by atoms with Gasteiger partial charge in [-0.3, -0.25) is 4.79 Å². The molecule has 0 fully saturated rings. The first-order chi connectivity index (χ1) is 10.7. The van der Waals surface area contributed by atoms with Gasteiger partial charge < -0.3 is 14.2 Å². The molecule has 1 aliphatic rings. The van der Waals surface area contributed by atoms with Crippen LogP contribution in [0.15, 0.2) is 46.9 Å². The summed E-state index contributed by atoms with van der Waals surface area (Å²) in [5.74, 6) is 1.74. The van der Waals surface area contributed by atoms with Crippen LogP contribution in [-0.4, -0.2) is 19.7 Å². The van der Waals surface area contributed by atoms with Crippen molar-refractivity contribution in [3.63, 3.8) is 0 Å². The molecule has 2 aromatic carbocycles. The third kappa shape index (κ3) is 2.99. The highest BCUT2D eigenvalue weighted by molar-refractivity contribution is 9.10. The summed E-state index contributed by atoms with van der Waals surface area (Å²) in [6.07, 6.45) is 3.26. The highest BCUT2D eigenvalue weighted by Crippen LogP contribution is 2.42. The van der Waals surface area contributed by atoms with E-state index in [0.29, 0.717) is 22.8 Å². The summed E-state index contributed by atoms with van der Waals surface area (Å²) < 4.78 is 16.9. The van der Waals surface area contributed by atoms with Crippen molar-refractivity contribution in [3.8, 4) is 17.2 Å². The summed E-state index contributed by atoms with van der Waals surface area (Å²) in [7, 11) is 1.57. The lowest BCUT2D eigenvalue weighted by Crippen LogP contribution is -1.93. The summed E-state index contributed by atoms with van der Waals surface area (Å²) in [6, 6.07) is 10.8. The molecule has 0 saturated carbocycles. The van der Waals surface area contributed by atoms with Crippen molar-refractivity contribution in [2.75, 3.05) is 13.9 Å². The van der Waals surface area contributed by atoms with Crippen LogP contribution in [0.3, 0.4) is 0 Å². The smallest absolute Gasteiger partial charge is 0.231 e. The van der Waals surface area contributed by atoms with E-state index in [4.69, 9.17) is 14.2 Å². The van der Waals surface area contributed by atoms with E-state index in [1.165, 1.54) is 6.08 Å². The van der Waals surface area contributed by atoms with Crippen molar-refractivity contribution in [2.24, 2.45) is 0 Å². The number of ether oxygens (including phenoxy) is 3. The highest BCUT2D eigenvalue weighted by atomic mass is 79.9. The zero-order valence-corrected chi connectivity index (χ0v) is 13.4. The SMILES string of the molecule is COc1cc(/C=C/C(=O)c2ccc(Br)cc2)cc2c1OCO2. The predicted octanol–water partition coefficient (Wildman–Crippen LogP) is 4.08. The van der Waals surface area contributed by atoms with Gasteiger partial charge in [-0.2, -0.15) is 0 Å². The number of halogens is 1. The molecule has 0 unspecified atom stereocenters. The van der Waals surface area contributed by atoms with Gasteiger partial charge >= 0.3 is 0 Å². The van der Waals surface area contributed by atoms with Gasteiger partial charge in [0.15, 0.2) is 17.3 Å². The Kier molecular flexibility index (Phi) is 4.15. The lowest BCUT2D eigenvalue weighted by atomic mass is 10.1. The fourth-order valence-electron chi connectivity index (χ4n) is 2.13. The first kappa shape index (κ1) is 14.7. The van der Waals surface area contributed by atoms with Crippen molar-refractivity contribution in [2.45, 2.75) is 0 Å². The van der Waals surface area contributed by atoms with Gasteiger partial charge in [0, 0.05) is 10.0 Å². The van der Waals surface area contributed by atoms with E-state index in [0.717, 1.165) is 10.0 Å². The first-order valence-corrected chi connectivity index (χ1v) is 7.42. The predicted molar refractivity (Wildman–Crippen MR) is 86.6 cm³/mol. The quantitative estimate of drug-likeness (QED) is 0.608. The van der Waals surface area contributed by atoms with Crippen LogP contribution < -0.4 is 14.2 Å². The number of hydrogen-bond acceptors (Lipinski definition) is 4. The van der Waals surface area contributed by atoms with Crippen LogP contribution in [0.5, 0.6) is 17.2 Å². The molecule has 0 N–H and O–H groups in total. The van der Waals surface area contributed by atoms with Gasteiger partial charge in [-0.25, -0.2) is 0 Å². The summed E-state index contributed by atoms with van der Waals surface area (Å²) >= 11 is 3.35. The number of fused-ring (bicyclic) bond motifs is 1. The van der Waals surface area contributed by atoms with Gasteiger partial charge in [0.1, 0.15) is 0 Å². The van der Waals surface area contributed by atoms with Crippen LogP contribution in [0.1, 0.15) is 15.9 Å². The van der Waals surface area contributed by atoms with Gasteiger partial charge in [-0.1, -0.05) is 22.0 Å². The summed E-state index contributed by atoms with van der Waals surface area (Å²) in [4.78, 5) is 12.1. The monoisotopic (exact) mass is 360 g/mol. The number of methoxy groups -OCH3 is 1. The molecule has 2 aromatic rings. The molecule has 1 aliphatic heterocycles. The molecule has 112 valence electrons. The summed E-state index contributed by atoms with van der Waals surface area (Å²) in [5.41, 5.74) is 1.44. The van der Waals surface area contributed by atoms with Gasteiger partial charge in [-0.05, 0) is 48.0 Å². The van der Waals surface area contributed by atoms with Crippen molar-refractivity contribution in [3.05, 3.63) is 58.1 Å². The third-order valence-electron chi connectivity index (χ3n) is 3.24. The Morgan fingerprint density at radius 2 is 2.00 bits per heavy atom. The van der Waals surface area contributed by atoms with Crippen LogP contribution in [0.25, 0.3) is 6.08 Å². The minimum Gasteiger partial charge on any atom is -0.493 e. The molecule has 1 heterocycles. The Hall–Kier alpha value is -2.27. The van der Waals surface area contributed by atoms with Crippen LogP contribution in [0.2, 0.25) is 0 Å². The standard InChI is InChI=1S/C17H13BrO4/c1-20-15-8-11(9-16-17(15)22-10-21-16)2-7-14(19)12-3-5-13(18)6-4-12/h2-9H,10H2,1H3/b7-2+. The minimum atomic E-state index is -0.0656. The number of rotatable bonds is 4. The zero-order chi connectivity index (χ0) is 15.5. The third-order valence-corrected chi connectivity index (χ3v) is 3.77. The molecular formula is C17H13BrO4. The van der Waals surface area contributed by atoms with Gasteiger partial charge in [0.05, 0.1) is 7.11 Å². The van der Waals surface area contributed by atoms with Gasteiger partial charge in [-0.15, -0.1) is 0 Å². The highest BCUT2D eigenvalue weighted by Gasteiger charge is 2.19. The van der Waals surface area contributed by atoms with E-state index in [2.05, 4.69) is 15.9 Å². The molecule has 3 rings (SSSR count). The lowest BCUT2D eigenvalue weighted by Gasteiger charge is -2.05. The van der Waals surface area contributed by atoms with E-state index in [1.807, 2.05) is 18.2 Å². The maximum absolute atomic E-state index is 12.1. The Morgan fingerprint density at radius 1 is 1.23 bits per heavy atom.